The van der Waals surface area contributed by atoms with Crippen molar-refractivity contribution in [3.8, 4) is 11.1 Å². The zero-order chi connectivity index (χ0) is 27.6. The van der Waals surface area contributed by atoms with Gasteiger partial charge in [-0.1, -0.05) is 49.4 Å². The van der Waals surface area contributed by atoms with Crippen LogP contribution in [0.3, 0.4) is 0 Å². The van der Waals surface area contributed by atoms with Crippen LogP contribution in [0.4, 0.5) is 11.4 Å². The number of carbonyl (C=O) groups excluding carboxylic acids is 3. The molecule has 0 saturated heterocycles. The second-order valence-corrected chi connectivity index (χ2v) is 11.2. The number of nitrogens with two attached hydrogens (primary N) is 2. The van der Waals surface area contributed by atoms with E-state index in [1.54, 1.807) is 18.7 Å². The Hall–Kier alpha value is -3.49. The number of fused-ring (bicyclic) bond motifs is 1. The number of aryl methyl sites for hydroxylation is 2. The maximum Gasteiger partial charge on any atom is 0.254 e. The molecule has 0 aromatic heterocycles. The van der Waals surface area contributed by atoms with Crippen molar-refractivity contribution in [1.29, 1.82) is 0 Å². The molecule has 1 atom stereocenters. The van der Waals surface area contributed by atoms with Gasteiger partial charge in [0.1, 0.15) is 6.04 Å². The molecular weight excluding hydrogens is 544 g/mol. The molecule has 0 radical (unpaired) electrons. The van der Waals surface area contributed by atoms with Crippen LogP contribution in [0.5, 0.6) is 0 Å². The number of carbonyl (C=O) groups is 3. The Morgan fingerprint density at radius 2 is 1.82 bits per heavy atom. The SMILES string of the molecule is CCc1cccc(-c2ccc(N3C(=O)[C@H](NC(=O)CC(C)(C)N)CCc4ccccc43)c(Br)c2)c1C(N)=O. The highest BCUT2D eigenvalue weighted by molar-refractivity contribution is 9.10. The maximum absolute atomic E-state index is 13.9. The van der Waals surface area contributed by atoms with E-state index in [-0.39, 0.29) is 18.2 Å². The Labute approximate surface area is 231 Å². The number of halogens is 1. The molecule has 3 amide bonds. The first-order chi connectivity index (χ1) is 18.0. The van der Waals surface area contributed by atoms with Gasteiger partial charge >= 0.3 is 0 Å². The number of hydrogen-bond donors (Lipinski definition) is 3. The van der Waals surface area contributed by atoms with Gasteiger partial charge in [0, 0.05) is 16.4 Å². The van der Waals surface area contributed by atoms with E-state index in [4.69, 9.17) is 11.5 Å². The third-order valence-corrected chi connectivity index (χ3v) is 7.32. The van der Waals surface area contributed by atoms with E-state index in [0.29, 0.717) is 35.0 Å². The Balaban J connectivity index is 1.76. The fraction of sp³-hybridized carbons (Fsp3) is 0.300. The highest BCUT2D eigenvalue weighted by Crippen LogP contribution is 2.40. The van der Waals surface area contributed by atoms with E-state index in [1.165, 1.54) is 0 Å². The van der Waals surface area contributed by atoms with Gasteiger partial charge in [0.05, 0.1) is 16.9 Å². The Morgan fingerprint density at radius 1 is 1.08 bits per heavy atom. The molecule has 1 aliphatic rings. The molecule has 198 valence electrons. The average Bonchev–Trinajstić information content (AvgIpc) is 2.99. The molecule has 0 fully saturated rings. The number of amides is 3. The van der Waals surface area contributed by atoms with Gasteiger partial charge in [0.2, 0.25) is 11.8 Å². The Bertz CT molecular complexity index is 1400. The summed E-state index contributed by atoms with van der Waals surface area (Å²) in [7, 11) is 0. The third-order valence-electron chi connectivity index (χ3n) is 6.68. The predicted octanol–water partition coefficient (Wildman–Crippen LogP) is 5.00. The first-order valence-electron chi connectivity index (χ1n) is 12.7. The molecule has 1 heterocycles. The maximum atomic E-state index is 13.9. The quantitative estimate of drug-likeness (QED) is 0.366. The number of rotatable bonds is 7. The lowest BCUT2D eigenvalue weighted by Crippen LogP contribution is -2.49. The van der Waals surface area contributed by atoms with Crippen LogP contribution in [0.25, 0.3) is 11.1 Å². The highest BCUT2D eigenvalue weighted by atomic mass is 79.9. The zero-order valence-corrected chi connectivity index (χ0v) is 23.5. The van der Waals surface area contributed by atoms with Crippen molar-refractivity contribution in [2.75, 3.05) is 4.90 Å². The minimum Gasteiger partial charge on any atom is -0.366 e. The lowest BCUT2D eigenvalue weighted by molar-refractivity contribution is -0.127. The normalized spacial score (nSPS) is 15.6. The molecule has 0 bridgehead atoms. The minimum absolute atomic E-state index is 0.112. The second-order valence-electron chi connectivity index (χ2n) is 10.4. The molecular formula is C30H33BrN4O3. The summed E-state index contributed by atoms with van der Waals surface area (Å²) in [5.74, 6) is -0.961. The topological polar surface area (TPSA) is 119 Å². The minimum atomic E-state index is -0.702. The number of hydrogen-bond acceptors (Lipinski definition) is 4. The van der Waals surface area contributed by atoms with Gasteiger partial charge in [0.25, 0.3) is 5.91 Å². The summed E-state index contributed by atoms with van der Waals surface area (Å²) >= 11 is 3.68. The van der Waals surface area contributed by atoms with Gasteiger partial charge in [0.15, 0.2) is 0 Å². The van der Waals surface area contributed by atoms with Crippen LogP contribution < -0.4 is 21.7 Å². The number of primary amides is 1. The summed E-state index contributed by atoms with van der Waals surface area (Å²) in [4.78, 5) is 40.6. The van der Waals surface area contributed by atoms with E-state index >= 15 is 0 Å². The van der Waals surface area contributed by atoms with Crippen molar-refractivity contribution >= 4 is 45.0 Å². The van der Waals surface area contributed by atoms with Gasteiger partial charge < -0.3 is 16.8 Å². The summed E-state index contributed by atoms with van der Waals surface area (Å²) in [6.45, 7) is 5.54. The van der Waals surface area contributed by atoms with Crippen LogP contribution in [-0.2, 0) is 22.4 Å². The molecule has 0 saturated carbocycles. The van der Waals surface area contributed by atoms with Crippen molar-refractivity contribution in [2.24, 2.45) is 11.5 Å². The van der Waals surface area contributed by atoms with Gasteiger partial charge in [-0.25, -0.2) is 0 Å². The van der Waals surface area contributed by atoms with Crippen molar-refractivity contribution in [3.63, 3.8) is 0 Å². The monoisotopic (exact) mass is 576 g/mol. The Morgan fingerprint density at radius 3 is 2.47 bits per heavy atom. The number of nitrogens with one attached hydrogen (secondary N) is 1. The Kier molecular flexibility index (Phi) is 8.04. The van der Waals surface area contributed by atoms with Crippen LogP contribution in [-0.4, -0.2) is 29.3 Å². The van der Waals surface area contributed by atoms with Gasteiger partial charge in [-0.15, -0.1) is 0 Å². The summed E-state index contributed by atoms with van der Waals surface area (Å²) < 4.78 is 0.672. The van der Waals surface area contributed by atoms with E-state index in [1.807, 2.05) is 67.6 Å². The smallest absolute Gasteiger partial charge is 0.254 e. The second kappa shape index (κ2) is 11.1. The molecule has 38 heavy (non-hydrogen) atoms. The zero-order valence-electron chi connectivity index (χ0n) is 21.9. The lowest BCUT2D eigenvalue weighted by Gasteiger charge is -2.28. The number of benzene rings is 3. The van der Waals surface area contributed by atoms with E-state index in [2.05, 4.69) is 21.2 Å². The molecule has 0 spiro atoms. The molecule has 4 rings (SSSR count). The molecule has 7 nitrogen and oxygen atoms in total. The van der Waals surface area contributed by atoms with E-state index < -0.39 is 17.5 Å². The van der Waals surface area contributed by atoms with Crippen LogP contribution in [0, 0.1) is 0 Å². The largest absolute Gasteiger partial charge is 0.366 e. The molecule has 3 aromatic rings. The summed E-state index contributed by atoms with van der Waals surface area (Å²) in [6.07, 6.45) is 1.90. The lowest BCUT2D eigenvalue weighted by atomic mass is 9.93. The standard InChI is InChI=1S/C30H33BrN4O3/c1-4-18-9-7-10-21(27(18)28(32)37)20-13-15-25(22(31)16-20)35-24-11-6-5-8-19(24)12-14-23(29(35)38)34-26(36)17-30(2,3)33/h5-11,13,15-16,23H,4,12,14,17,33H2,1-3H3,(H2,32,37)(H,34,36)/t23-/m1/s1. The highest BCUT2D eigenvalue weighted by Gasteiger charge is 2.34. The van der Waals surface area contributed by atoms with Gasteiger partial charge in [-0.2, -0.15) is 0 Å². The van der Waals surface area contributed by atoms with Crippen molar-refractivity contribution in [1.82, 2.24) is 5.32 Å². The van der Waals surface area contributed by atoms with E-state index in [9.17, 15) is 14.4 Å². The number of nitrogens with zero attached hydrogens (tertiary/aromatic N) is 1. The van der Waals surface area contributed by atoms with Crippen LogP contribution >= 0.6 is 15.9 Å². The summed E-state index contributed by atoms with van der Waals surface area (Å²) in [5, 5.41) is 2.91. The van der Waals surface area contributed by atoms with Crippen LogP contribution in [0.15, 0.2) is 65.1 Å². The first-order valence-corrected chi connectivity index (χ1v) is 13.5. The molecule has 0 unspecified atom stereocenters. The van der Waals surface area contributed by atoms with Gasteiger partial charge in [-0.3, -0.25) is 19.3 Å². The number of para-hydroxylation sites is 1. The molecule has 3 aromatic carbocycles. The fourth-order valence-corrected chi connectivity index (χ4v) is 5.52. The molecule has 8 heteroatoms. The van der Waals surface area contributed by atoms with Crippen LogP contribution in [0.1, 0.15) is 55.1 Å². The molecule has 5 N–H and O–H groups in total. The number of anilines is 2. The third kappa shape index (κ3) is 5.81. The summed E-state index contributed by atoms with van der Waals surface area (Å²) in [5.41, 5.74) is 16.4. The molecule has 1 aliphatic heterocycles. The molecule has 0 aliphatic carbocycles. The van der Waals surface area contributed by atoms with E-state index in [0.717, 1.165) is 27.9 Å². The van der Waals surface area contributed by atoms with Crippen molar-refractivity contribution < 1.29 is 14.4 Å². The predicted molar refractivity (Wildman–Crippen MR) is 154 cm³/mol. The van der Waals surface area contributed by atoms with Gasteiger partial charge in [-0.05, 0) is 89.5 Å². The van der Waals surface area contributed by atoms with Crippen molar-refractivity contribution in [3.05, 3.63) is 81.8 Å². The van der Waals surface area contributed by atoms with Crippen molar-refractivity contribution in [2.45, 2.75) is 58.0 Å². The average molecular weight is 578 g/mol. The fourth-order valence-electron chi connectivity index (χ4n) is 4.96. The first kappa shape index (κ1) is 27.5. The van der Waals surface area contributed by atoms with Crippen LogP contribution in [0.2, 0.25) is 0 Å². The summed E-state index contributed by atoms with van der Waals surface area (Å²) in [6, 6.07) is 18.4.